The molecular formula is C23H51NO5S. The van der Waals surface area contributed by atoms with Gasteiger partial charge >= 0.3 is 0 Å². The Balaban J connectivity index is 0. The van der Waals surface area contributed by atoms with Gasteiger partial charge in [0, 0.05) is 6.54 Å². The first kappa shape index (κ1) is 32.0. The quantitative estimate of drug-likeness (QED) is 0.124. The summed E-state index contributed by atoms with van der Waals surface area (Å²) in [5.74, 6) is 0.145. The lowest BCUT2D eigenvalue weighted by Gasteiger charge is -2.05. The highest BCUT2D eigenvalue weighted by Crippen LogP contribution is 2.13. The second-order valence-corrected chi connectivity index (χ2v) is 9.86. The maximum atomic E-state index is 11.4. The van der Waals surface area contributed by atoms with Crippen molar-refractivity contribution in [2.75, 3.05) is 18.9 Å². The van der Waals surface area contributed by atoms with Gasteiger partial charge in [-0.05, 0) is 12.8 Å². The number of rotatable bonds is 21. The fourth-order valence-corrected chi connectivity index (χ4v) is 4.13. The van der Waals surface area contributed by atoms with Crippen LogP contribution in [0.25, 0.3) is 0 Å². The summed E-state index contributed by atoms with van der Waals surface area (Å²) in [6, 6.07) is 0. The van der Waals surface area contributed by atoms with Crippen molar-refractivity contribution in [1.29, 1.82) is 0 Å². The van der Waals surface area contributed by atoms with Crippen LogP contribution < -0.4 is 5.73 Å². The third-order valence-corrected chi connectivity index (χ3v) is 6.36. The molecule has 0 unspecified atom stereocenters. The molecule has 0 aliphatic heterocycles. The molecular weight excluding hydrogens is 402 g/mol. The van der Waals surface area contributed by atoms with Gasteiger partial charge in [-0.3, -0.25) is 4.18 Å². The highest BCUT2D eigenvalue weighted by molar-refractivity contribution is 7.86. The molecule has 0 heterocycles. The number of aliphatic hydroxyl groups is 2. The first-order valence-corrected chi connectivity index (χ1v) is 13.9. The molecule has 0 atom stereocenters. The van der Waals surface area contributed by atoms with E-state index in [1.54, 1.807) is 0 Å². The van der Waals surface area contributed by atoms with Gasteiger partial charge in [0.05, 0.1) is 12.4 Å². The molecule has 0 aliphatic rings. The molecule has 0 saturated carbocycles. The van der Waals surface area contributed by atoms with Gasteiger partial charge in [-0.25, -0.2) is 0 Å². The second kappa shape index (κ2) is 25.1. The molecule has 0 aromatic rings. The molecule has 4 N–H and O–H groups in total. The van der Waals surface area contributed by atoms with Crippen molar-refractivity contribution in [3.05, 3.63) is 0 Å². The smallest absolute Gasteiger partial charge is 0.267 e. The van der Waals surface area contributed by atoms with E-state index in [1.807, 2.05) is 6.92 Å². The zero-order chi connectivity index (χ0) is 22.9. The fraction of sp³-hybridized carbons (Fsp3) is 1.00. The van der Waals surface area contributed by atoms with E-state index in [4.69, 9.17) is 14.4 Å². The largest absolute Gasteiger partial charge is 0.367 e. The molecule has 184 valence electrons. The molecule has 0 aliphatic carbocycles. The number of nitrogens with two attached hydrogens (primary N) is 1. The molecule has 0 bridgehead atoms. The summed E-state index contributed by atoms with van der Waals surface area (Å²) in [5.41, 5.74) is 4.67. The lowest BCUT2D eigenvalue weighted by Crippen LogP contribution is -2.17. The van der Waals surface area contributed by atoms with Crippen molar-refractivity contribution in [2.24, 2.45) is 5.73 Å². The SMILES string of the molecule is CCCCCCCCCCCCCCCCCCOS(=O)(=O)CCC.NCC(O)O. The van der Waals surface area contributed by atoms with E-state index >= 15 is 0 Å². The molecule has 7 heteroatoms. The van der Waals surface area contributed by atoms with E-state index in [2.05, 4.69) is 12.7 Å². The Kier molecular flexibility index (Phi) is 26.7. The van der Waals surface area contributed by atoms with Crippen molar-refractivity contribution in [2.45, 2.75) is 129 Å². The van der Waals surface area contributed by atoms with Crippen LogP contribution in [0.15, 0.2) is 0 Å². The summed E-state index contributed by atoms with van der Waals surface area (Å²) < 4.78 is 27.7. The summed E-state index contributed by atoms with van der Waals surface area (Å²) in [4.78, 5) is 0. The Labute approximate surface area is 187 Å². The van der Waals surface area contributed by atoms with Gasteiger partial charge in [-0.1, -0.05) is 110 Å². The Bertz CT molecular complexity index is 416. The third kappa shape index (κ3) is 30.0. The van der Waals surface area contributed by atoms with Crippen LogP contribution >= 0.6 is 0 Å². The number of unbranched alkanes of at least 4 members (excludes halogenated alkanes) is 15. The van der Waals surface area contributed by atoms with Gasteiger partial charge in [0.15, 0.2) is 6.29 Å². The minimum atomic E-state index is -3.25. The lowest BCUT2D eigenvalue weighted by molar-refractivity contribution is -0.0309. The summed E-state index contributed by atoms with van der Waals surface area (Å²) in [6.45, 7) is 4.41. The minimum Gasteiger partial charge on any atom is -0.367 e. The topological polar surface area (TPSA) is 110 Å². The molecule has 30 heavy (non-hydrogen) atoms. The summed E-state index contributed by atoms with van der Waals surface area (Å²) >= 11 is 0. The van der Waals surface area contributed by atoms with Gasteiger partial charge in [-0.2, -0.15) is 8.42 Å². The van der Waals surface area contributed by atoms with Crippen LogP contribution in [0.5, 0.6) is 0 Å². The van der Waals surface area contributed by atoms with E-state index in [0.29, 0.717) is 13.0 Å². The lowest BCUT2D eigenvalue weighted by atomic mass is 10.0. The van der Waals surface area contributed by atoms with Crippen LogP contribution in [-0.4, -0.2) is 43.8 Å². The summed E-state index contributed by atoms with van der Waals surface area (Å²) in [7, 11) is -3.25. The van der Waals surface area contributed by atoms with Crippen molar-refractivity contribution in [3.63, 3.8) is 0 Å². The summed E-state index contributed by atoms with van der Waals surface area (Å²) in [5, 5.41) is 15.6. The maximum absolute atomic E-state index is 11.4. The normalized spacial score (nSPS) is 11.5. The van der Waals surface area contributed by atoms with E-state index in [-0.39, 0.29) is 12.3 Å². The zero-order valence-electron chi connectivity index (χ0n) is 19.8. The first-order chi connectivity index (χ1) is 14.4. The van der Waals surface area contributed by atoms with Crippen molar-refractivity contribution < 1.29 is 22.8 Å². The van der Waals surface area contributed by atoms with Crippen LogP contribution in [-0.2, 0) is 14.3 Å². The van der Waals surface area contributed by atoms with Gasteiger partial charge in [-0.15, -0.1) is 0 Å². The van der Waals surface area contributed by atoms with Crippen LogP contribution in [0.1, 0.15) is 123 Å². The summed E-state index contributed by atoms with van der Waals surface area (Å²) in [6.07, 6.45) is 20.5. The predicted octanol–water partition coefficient (Wildman–Crippen LogP) is 5.26. The number of aliphatic hydroxyl groups excluding tert-OH is 1. The Morgan fingerprint density at radius 3 is 1.30 bits per heavy atom. The highest BCUT2D eigenvalue weighted by atomic mass is 32.2. The van der Waals surface area contributed by atoms with Gasteiger partial charge in [0.2, 0.25) is 0 Å². The van der Waals surface area contributed by atoms with Crippen molar-refractivity contribution >= 4 is 10.1 Å². The van der Waals surface area contributed by atoms with Gasteiger partial charge in [0.25, 0.3) is 10.1 Å². The number of hydrogen-bond donors (Lipinski definition) is 3. The average Bonchev–Trinajstić information content (AvgIpc) is 2.70. The molecule has 0 radical (unpaired) electrons. The number of hydrogen-bond acceptors (Lipinski definition) is 6. The molecule has 6 nitrogen and oxygen atoms in total. The molecule has 0 aromatic heterocycles. The Morgan fingerprint density at radius 2 is 1.00 bits per heavy atom. The highest BCUT2D eigenvalue weighted by Gasteiger charge is 2.08. The average molecular weight is 454 g/mol. The molecule has 0 rings (SSSR count). The minimum absolute atomic E-state index is 0.0833. The van der Waals surface area contributed by atoms with Gasteiger partial charge < -0.3 is 15.9 Å². The van der Waals surface area contributed by atoms with Crippen molar-refractivity contribution in [1.82, 2.24) is 0 Å². The van der Waals surface area contributed by atoms with E-state index in [0.717, 1.165) is 12.8 Å². The first-order valence-electron chi connectivity index (χ1n) is 12.3. The molecule has 0 spiro atoms. The van der Waals surface area contributed by atoms with Crippen LogP contribution in [0, 0.1) is 0 Å². The third-order valence-electron chi connectivity index (χ3n) is 4.93. The van der Waals surface area contributed by atoms with Crippen LogP contribution in [0.4, 0.5) is 0 Å². The predicted molar refractivity (Wildman–Crippen MR) is 127 cm³/mol. The monoisotopic (exact) mass is 453 g/mol. The van der Waals surface area contributed by atoms with E-state index in [1.165, 1.54) is 89.9 Å². The molecule has 0 amide bonds. The van der Waals surface area contributed by atoms with Crippen LogP contribution in [0.2, 0.25) is 0 Å². The Morgan fingerprint density at radius 1 is 0.667 bits per heavy atom. The molecule has 0 saturated heterocycles. The standard InChI is InChI=1S/C21H44O3S.C2H7NO2/c1-3-5-6-7-8-9-10-11-12-13-14-15-16-17-18-19-20-24-25(22,23)21-4-2;3-1-2(4)5/h3-21H2,1-2H3;2,4-5H,1,3H2. The van der Waals surface area contributed by atoms with Gasteiger partial charge in [0.1, 0.15) is 0 Å². The maximum Gasteiger partial charge on any atom is 0.267 e. The second-order valence-electron chi connectivity index (χ2n) is 8.10. The Hall–Kier alpha value is -0.210. The van der Waals surface area contributed by atoms with E-state index in [9.17, 15) is 8.42 Å². The molecule has 0 fully saturated rings. The van der Waals surface area contributed by atoms with Crippen molar-refractivity contribution in [3.8, 4) is 0 Å². The van der Waals surface area contributed by atoms with E-state index < -0.39 is 16.4 Å². The van der Waals surface area contributed by atoms with Crippen LogP contribution in [0.3, 0.4) is 0 Å². The zero-order valence-corrected chi connectivity index (χ0v) is 20.6. The molecule has 0 aromatic carbocycles. The fourth-order valence-electron chi connectivity index (χ4n) is 3.14.